The molecule has 4 heterocycles. The van der Waals surface area contributed by atoms with Gasteiger partial charge in [-0.05, 0) is 25.7 Å². The lowest BCUT2D eigenvalue weighted by molar-refractivity contribution is 0.0709. The lowest BCUT2D eigenvalue weighted by Crippen LogP contribution is -2.39. The van der Waals surface area contributed by atoms with E-state index < -0.39 is 0 Å². The number of piperidine rings is 1. The Balaban J connectivity index is 1.41. The first-order chi connectivity index (χ1) is 13.0. The van der Waals surface area contributed by atoms with E-state index in [4.69, 9.17) is 0 Å². The van der Waals surface area contributed by atoms with Crippen LogP contribution in [0.2, 0.25) is 0 Å². The Hall–Kier alpha value is -2.22. The summed E-state index contributed by atoms with van der Waals surface area (Å²) in [6.45, 7) is 11.4. The largest absolute Gasteiger partial charge is 0.338 e. The molecule has 1 N–H and O–H groups in total. The minimum Gasteiger partial charge on any atom is -0.338 e. The summed E-state index contributed by atoms with van der Waals surface area (Å²) in [5.41, 5.74) is 1.70. The minimum atomic E-state index is 0.105. The van der Waals surface area contributed by atoms with Crippen molar-refractivity contribution in [3.8, 4) is 0 Å². The standard InChI is InChI=1S/C19H29N7O/c1-13(2)12-26-14(3)16(10-21-26)19(27)24-7-4-15(5-8-24)18-23-22-17-11-20-6-9-25(17)18/h10,13,15,20H,4-9,11-12H2,1-3H3. The Bertz CT molecular complexity index is 814. The third-order valence-corrected chi connectivity index (χ3v) is 5.67. The van der Waals surface area contributed by atoms with E-state index >= 15 is 0 Å². The monoisotopic (exact) mass is 371 g/mol. The van der Waals surface area contributed by atoms with E-state index in [9.17, 15) is 4.79 Å². The van der Waals surface area contributed by atoms with E-state index in [1.54, 1.807) is 6.20 Å². The van der Waals surface area contributed by atoms with Crippen LogP contribution >= 0.6 is 0 Å². The number of carbonyl (C=O) groups is 1. The predicted molar refractivity (Wildman–Crippen MR) is 101 cm³/mol. The van der Waals surface area contributed by atoms with Crippen molar-refractivity contribution in [1.82, 2.24) is 34.8 Å². The number of hydrogen-bond donors (Lipinski definition) is 1. The second kappa shape index (κ2) is 7.42. The van der Waals surface area contributed by atoms with Gasteiger partial charge in [0, 0.05) is 44.3 Å². The number of carbonyl (C=O) groups excluding carboxylic acids is 1. The van der Waals surface area contributed by atoms with Crippen molar-refractivity contribution in [2.24, 2.45) is 5.92 Å². The zero-order valence-electron chi connectivity index (χ0n) is 16.5. The molecule has 27 heavy (non-hydrogen) atoms. The van der Waals surface area contributed by atoms with Gasteiger partial charge in [0.15, 0.2) is 0 Å². The summed E-state index contributed by atoms with van der Waals surface area (Å²) in [5.74, 6) is 3.13. The Morgan fingerprint density at radius 1 is 1.26 bits per heavy atom. The molecule has 2 aliphatic heterocycles. The van der Waals surface area contributed by atoms with Gasteiger partial charge in [0.25, 0.3) is 5.91 Å². The number of hydrogen-bond acceptors (Lipinski definition) is 5. The molecule has 146 valence electrons. The molecular weight excluding hydrogens is 342 g/mol. The van der Waals surface area contributed by atoms with Crippen LogP contribution < -0.4 is 5.32 Å². The second-order valence-corrected chi connectivity index (χ2v) is 8.09. The number of amides is 1. The van der Waals surface area contributed by atoms with E-state index in [0.717, 1.165) is 75.0 Å². The van der Waals surface area contributed by atoms with Crippen molar-refractivity contribution in [1.29, 1.82) is 0 Å². The predicted octanol–water partition coefficient (Wildman–Crippen LogP) is 1.56. The van der Waals surface area contributed by atoms with Crippen molar-refractivity contribution in [3.63, 3.8) is 0 Å². The molecule has 8 heteroatoms. The van der Waals surface area contributed by atoms with Gasteiger partial charge in [-0.25, -0.2) is 0 Å². The van der Waals surface area contributed by atoms with Gasteiger partial charge < -0.3 is 14.8 Å². The topological polar surface area (TPSA) is 80.9 Å². The first kappa shape index (κ1) is 18.2. The minimum absolute atomic E-state index is 0.105. The maximum absolute atomic E-state index is 13.0. The number of aromatic nitrogens is 5. The van der Waals surface area contributed by atoms with Crippen molar-refractivity contribution < 1.29 is 4.79 Å². The molecule has 2 aliphatic rings. The molecule has 0 atom stereocenters. The van der Waals surface area contributed by atoms with Gasteiger partial charge in [0.1, 0.15) is 11.6 Å². The van der Waals surface area contributed by atoms with Crippen LogP contribution in [0.4, 0.5) is 0 Å². The summed E-state index contributed by atoms with van der Waals surface area (Å²) < 4.78 is 4.21. The molecule has 0 spiro atoms. The van der Waals surface area contributed by atoms with E-state index in [0.29, 0.717) is 11.8 Å². The number of likely N-dealkylation sites (tertiary alicyclic amines) is 1. The number of nitrogens with one attached hydrogen (secondary N) is 1. The molecule has 1 amide bonds. The third-order valence-electron chi connectivity index (χ3n) is 5.67. The maximum atomic E-state index is 13.0. The molecule has 0 unspecified atom stereocenters. The molecule has 2 aromatic rings. The summed E-state index contributed by atoms with van der Waals surface area (Å²) in [5, 5.41) is 16.5. The van der Waals surface area contributed by atoms with E-state index in [-0.39, 0.29) is 5.91 Å². The third kappa shape index (κ3) is 3.50. The second-order valence-electron chi connectivity index (χ2n) is 8.09. The fourth-order valence-electron chi connectivity index (χ4n) is 4.11. The van der Waals surface area contributed by atoms with Crippen LogP contribution in [0.25, 0.3) is 0 Å². The van der Waals surface area contributed by atoms with Crippen LogP contribution in [-0.4, -0.2) is 55.0 Å². The van der Waals surface area contributed by atoms with Crippen LogP contribution in [0.5, 0.6) is 0 Å². The molecule has 8 nitrogen and oxygen atoms in total. The Kier molecular flexibility index (Phi) is 4.99. The van der Waals surface area contributed by atoms with Crippen LogP contribution in [-0.2, 0) is 19.6 Å². The first-order valence-electron chi connectivity index (χ1n) is 9.99. The van der Waals surface area contributed by atoms with E-state index in [2.05, 4.69) is 39.0 Å². The summed E-state index contributed by atoms with van der Waals surface area (Å²) in [6.07, 6.45) is 3.61. The van der Waals surface area contributed by atoms with E-state index in [1.165, 1.54) is 0 Å². The lowest BCUT2D eigenvalue weighted by atomic mass is 9.95. The summed E-state index contributed by atoms with van der Waals surface area (Å²) in [7, 11) is 0. The molecule has 0 aliphatic carbocycles. The molecule has 0 saturated carbocycles. The maximum Gasteiger partial charge on any atom is 0.257 e. The Labute approximate surface area is 159 Å². The molecule has 2 aromatic heterocycles. The molecule has 1 fully saturated rings. The van der Waals surface area contributed by atoms with Gasteiger partial charge in [-0.2, -0.15) is 5.10 Å². The SMILES string of the molecule is Cc1c(C(=O)N2CCC(c3nnc4n3CCNC4)CC2)cnn1CC(C)C. The Morgan fingerprint density at radius 2 is 2.04 bits per heavy atom. The molecular formula is C19H29N7O. The van der Waals surface area contributed by atoms with Gasteiger partial charge >= 0.3 is 0 Å². The van der Waals surface area contributed by atoms with Gasteiger partial charge in [0.05, 0.1) is 18.3 Å². The quantitative estimate of drug-likeness (QED) is 0.882. The zero-order valence-corrected chi connectivity index (χ0v) is 16.5. The number of fused-ring (bicyclic) bond motifs is 1. The van der Waals surface area contributed by atoms with Gasteiger partial charge in [-0.3, -0.25) is 9.48 Å². The van der Waals surface area contributed by atoms with Crippen LogP contribution in [0, 0.1) is 12.8 Å². The first-order valence-corrected chi connectivity index (χ1v) is 9.99. The van der Waals surface area contributed by atoms with Crippen molar-refractivity contribution >= 4 is 5.91 Å². The van der Waals surface area contributed by atoms with Crippen molar-refractivity contribution in [2.75, 3.05) is 19.6 Å². The van der Waals surface area contributed by atoms with Gasteiger partial charge in [-0.1, -0.05) is 13.8 Å². The molecule has 4 rings (SSSR count). The highest BCUT2D eigenvalue weighted by atomic mass is 16.2. The highest BCUT2D eigenvalue weighted by Crippen LogP contribution is 2.28. The summed E-state index contributed by atoms with van der Waals surface area (Å²) >= 11 is 0. The van der Waals surface area contributed by atoms with Crippen LogP contribution in [0.15, 0.2) is 6.20 Å². The fourth-order valence-corrected chi connectivity index (χ4v) is 4.11. The summed E-state index contributed by atoms with van der Waals surface area (Å²) in [4.78, 5) is 14.9. The molecule has 0 radical (unpaired) electrons. The number of nitrogens with zero attached hydrogens (tertiary/aromatic N) is 6. The highest BCUT2D eigenvalue weighted by Gasteiger charge is 2.30. The lowest BCUT2D eigenvalue weighted by Gasteiger charge is -2.32. The van der Waals surface area contributed by atoms with Crippen LogP contribution in [0.3, 0.4) is 0 Å². The highest BCUT2D eigenvalue weighted by molar-refractivity contribution is 5.95. The van der Waals surface area contributed by atoms with E-state index in [1.807, 2.05) is 16.5 Å². The zero-order chi connectivity index (χ0) is 19.0. The van der Waals surface area contributed by atoms with Crippen molar-refractivity contribution in [3.05, 3.63) is 29.1 Å². The average Bonchev–Trinajstić information content (AvgIpc) is 3.25. The normalized spacial score (nSPS) is 18.1. The molecule has 1 saturated heterocycles. The van der Waals surface area contributed by atoms with Gasteiger partial charge in [0.2, 0.25) is 0 Å². The Morgan fingerprint density at radius 3 is 2.78 bits per heavy atom. The van der Waals surface area contributed by atoms with Crippen LogP contribution in [0.1, 0.15) is 60.3 Å². The molecule has 0 aromatic carbocycles. The molecule has 0 bridgehead atoms. The fraction of sp³-hybridized carbons (Fsp3) is 0.684. The average molecular weight is 371 g/mol. The number of rotatable bonds is 4. The van der Waals surface area contributed by atoms with Crippen molar-refractivity contribution in [2.45, 2.75) is 59.2 Å². The van der Waals surface area contributed by atoms with Gasteiger partial charge in [-0.15, -0.1) is 10.2 Å². The summed E-state index contributed by atoms with van der Waals surface area (Å²) in [6, 6.07) is 0. The smallest absolute Gasteiger partial charge is 0.257 e.